The molecular formula is C20H29IN4O. The van der Waals surface area contributed by atoms with Crippen LogP contribution in [0, 0.1) is 0 Å². The van der Waals surface area contributed by atoms with E-state index in [2.05, 4.69) is 60.7 Å². The Bertz CT molecular complexity index is 647. The van der Waals surface area contributed by atoms with Gasteiger partial charge in [0.05, 0.1) is 19.3 Å². The minimum Gasteiger partial charge on any atom is -0.490 e. The summed E-state index contributed by atoms with van der Waals surface area (Å²) in [6, 6.07) is 14.2. The third-order valence-electron chi connectivity index (χ3n) is 3.83. The van der Waals surface area contributed by atoms with Crippen molar-refractivity contribution in [2.45, 2.75) is 26.2 Å². The number of aromatic nitrogens is 1. The highest BCUT2D eigenvalue weighted by Gasteiger charge is 2.19. The highest BCUT2D eigenvalue weighted by atomic mass is 127. The van der Waals surface area contributed by atoms with Crippen LogP contribution in [0.25, 0.3) is 0 Å². The molecule has 1 aromatic carbocycles. The fraction of sp³-hybridized carbons (Fsp3) is 0.400. The third kappa shape index (κ3) is 7.59. The van der Waals surface area contributed by atoms with Gasteiger partial charge in [-0.2, -0.15) is 0 Å². The van der Waals surface area contributed by atoms with Crippen molar-refractivity contribution in [2.75, 3.05) is 26.2 Å². The summed E-state index contributed by atoms with van der Waals surface area (Å²) in [6.07, 6.45) is 3.44. The average molecular weight is 468 g/mol. The number of guanidine groups is 1. The second-order valence-corrected chi connectivity index (χ2v) is 6.41. The van der Waals surface area contributed by atoms with E-state index in [1.165, 1.54) is 5.56 Å². The normalized spacial score (nSPS) is 11.4. The zero-order valence-corrected chi connectivity index (χ0v) is 18.1. The second-order valence-electron chi connectivity index (χ2n) is 6.41. The van der Waals surface area contributed by atoms with Crippen LogP contribution in [0.5, 0.6) is 5.75 Å². The Hall–Kier alpha value is -1.83. The van der Waals surface area contributed by atoms with E-state index in [0.717, 1.165) is 18.3 Å². The smallest absolute Gasteiger partial charge is 0.191 e. The molecule has 0 atom stereocenters. The molecule has 0 fully saturated rings. The van der Waals surface area contributed by atoms with Crippen molar-refractivity contribution in [3.63, 3.8) is 0 Å². The molecule has 2 N–H and O–H groups in total. The molecule has 26 heavy (non-hydrogen) atoms. The molecular weight excluding hydrogens is 439 g/mol. The molecule has 1 aromatic heterocycles. The van der Waals surface area contributed by atoms with E-state index >= 15 is 0 Å². The van der Waals surface area contributed by atoms with Crippen molar-refractivity contribution in [3.05, 3.63) is 60.4 Å². The fourth-order valence-corrected chi connectivity index (χ4v) is 2.37. The van der Waals surface area contributed by atoms with Crippen molar-refractivity contribution in [1.29, 1.82) is 0 Å². The fourth-order valence-electron chi connectivity index (χ4n) is 2.37. The molecule has 0 saturated carbocycles. The lowest BCUT2D eigenvalue weighted by atomic mass is 9.85. The number of ether oxygens (including phenoxy) is 1. The number of pyridine rings is 1. The van der Waals surface area contributed by atoms with E-state index in [1.807, 2.05) is 18.2 Å². The summed E-state index contributed by atoms with van der Waals surface area (Å²) in [5, 5.41) is 6.58. The highest BCUT2D eigenvalue weighted by Crippen LogP contribution is 2.22. The number of aliphatic imine (C=N–C) groups is 1. The first-order chi connectivity index (χ1) is 12.1. The van der Waals surface area contributed by atoms with Crippen LogP contribution in [-0.2, 0) is 5.41 Å². The summed E-state index contributed by atoms with van der Waals surface area (Å²) in [5.74, 6) is 1.58. The van der Waals surface area contributed by atoms with Crippen LogP contribution in [-0.4, -0.2) is 37.2 Å². The molecule has 0 aliphatic carbocycles. The number of hydrogen-bond acceptors (Lipinski definition) is 3. The number of rotatable bonds is 8. The van der Waals surface area contributed by atoms with Gasteiger partial charge in [0.15, 0.2) is 5.96 Å². The van der Waals surface area contributed by atoms with E-state index in [0.29, 0.717) is 19.7 Å². The van der Waals surface area contributed by atoms with E-state index in [1.54, 1.807) is 12.4 Å². The molecule has 1 heterocycles. The largest absolute Gasteiger partial charge is 0.490 e. The predicted octanol–water partition coefficient (Wildman–Crippen LogP) is 3.61. The van der Waals surface area contributed by atoms with E-state index < -0.39 is 0 Å². The molecule has 2 rings (SSSR count). The van der Waals surface area contributed by atoms with Crippen LogP contribution >= 0.6 is 24.0 Å². The van der Waals surface area contributed by atoms with Gasteiger partial charge in [0.1, 0.15) is 12.4 Å². The van der Waals surface area contributed by atoms with Gasteiger partial charge in [-0.15, -0.1) is 24.0 Å². The molecule has 0 aliphatic heterocycles. The highest BCUT2D eigenvalue weighted by molar-refractivity contribution is 14.0. The van der Waals surface area contributed by atoms with Gasteiger partial charge in [-0.3, -0.25) is 9.98 Å². The first-order valence-electron chi connectivity index (χ1n) is 8.72. The van der Waals surface area contributed by atoms with Crippen LogP contribution in [0.4, 0.5) is 0 Å². The van der Waals surface area contributed by atoms with Crippen LogP contribution in [0.1, 0.15) is 26.3 Å². The summed E-state index contributed by atoms with van der Waals surface area (Å²) in [4.78, 5) is 8.76. The lowest BCUT2D eigenvalue weighted by molar-refractivity contribution is 0.320. The second kappa shape index (κ2) is 11.7. The van der Waals surface area contributed by atoms with Crippen molar-refractivity contribution < 1.29 is 4.74 Å². The molecule has 5 nitrogen and oxygen atoms in total. The van der Waals surface area contributed by atoms with Crippen molar-refractivity contribution in [3.8, 4) is 5.75 Å². The van der Waals surface area contributed by atoms with Gasteiger partial charge in [0, 0.05) is 18.2 Å². The summed E-state index contributed by atoms with van der Waals surface area (Å²) in [7, 11) is 0. The summed E-state index contributed by atoms with van der Waals surface area (Å²) in [5.41, 5.74) is 1.27. The first kappa shape index (κ1) is 22.2. The van der Waals surface area contributed by atoms with Gasteiger partial charge in [-0.1, -0.05) is 44.2 Å². The summed E-state index contributed by atoms with van der Waals surface area (Å²) in [6.45, 7) is 9.23. The SMILES string of the molecule is CCNC(=NCC(C)(C)c1ccccc1)NCCOc1cccnc1.I. The maximum atomic E-state index is 5.64. The van der Waals surface area contributed by atoms with E-state index in [-0.39, 0.29) is 29.4 Å². The zero-order valence-electron chi connectivity index (χ0n) is 15.7. The Morgan fingerprint density at radius 1 is 1.12 bits per heavy atom. The monoisotopic (exact) mass is 468 g/mol. The van der Waals surface area contributed by atoms with Crippen molar-refractivity contribution >= 4 is 29.9 Å². The van der Waals surface area contributed by atoms with Gasteiger partial charge in [-0.05, 0) is 24.6 Å². The molecule has 142 valence electrons. The number of benzene rings is 1. The number of nitrogens with one attached hydrogen (secondary N) is 2. The van der Waals surface area contributed by atoms with E-state index in [4.69, 9.17) is 9.73 Å². The predicted molar refractivity (Wildman–Crippen MR) is 119 cm³/mol. The minimum absolute atomic E-state index is 0. The topological polar surface area (TPSA) is 58.5 Å². The molecule has 0 spiro atoms. The number of hydrogen-bond donors (Lipinski definition) is 2. The van der Waals surface area contributed by atoms with Gasteiger partial charge < -0.3 is 15.4 Å². The standard InChI is InChI=1S/C20H28N4O.HI/c1-4-22-19(23-13-14-25-18-11-8-12-21-15-18)24-16-20(2,3)17-9-6-5-7-10-17;/h5-12,15H,4,13-14,16H2,1-3H3,(H2,22,23,24);1H. The van der Waals surface area contributed by atoms with Crippen LogP contribution < -0.4 is 15.4 Å². The molecule has 0 radical (unpaired) electrons. The van der Waals surface area contributed by atoms with E-state index in [9.17, 15) is 0 Å². The Balaban J connectivity index is 0.00000338. The maximum absolute atomic E-state index is 5.64. The first-order valence-corrected chi connectivity index (χ1v) is 8.72. The minimum atomic E-state index is -0.0180. The Morgan fingerprint density at radius 3 is 2.54 bits per heavy atom. The van der Waals surface area contributed by atoms with Crippen molar-refractivity contribution in [2.24, 2.45) is 4.99 Å². The van der Waals surface area contributed by atoms with Crippen molar-refractivity contribution in [1.82, 2.24) is 15.6 Å². The molecule has 0 bridgehead atoms. The van der Waals surface area contributed by atoms with Gasteiger partial charge in [-0.25, -0.2) is 0 Å². The molecule has 0 unspecified atom stereocenters. The Labute approximate surface area is 173 Å². The number of nitrogens with zero attached hydrogens (tertiary/aromatic N) is 2. The summed E-state index contributed by atoms with van der Waals surface area (Å²) < 4.78 is 5.64. The molecule has 0 saturated heterocycles. The average Bonchev–Trinajstić information content (AvgIpc) is 2.65. The van der Waals surface area contributed by atoms with Gasteiger partial charge >= 0.3 is 0 Å². The lowest BCUT2D eigenvalue weighted by Gasteiger charge is -2.24. The lowest BCUT2D eigenvalue weighted by Crippen LogP contribution is -2.40. The Morgan fingerprint density at radius 2 is 1.88 bits per heavy atom. The molecule has 6 heteroatoms. The molecule has 0 amide bonds. The van der Waals surface area contributed by atoms with Crippen LogP contribution in [0.2, 0.25) is 0 Å². The summed E-state index contributed by atoms with van der Waals surface area (Å²) >= 11 is 0. The van der Waals surface area contributed by atoms with Crippen LogP contribution in [0.15, 0.2) is 59.9 Å². The van der Waals surface area contributed by atoms with Gasteiger partial charge in [0.25, 0.3) is 0 Å². The van der Waals surface area contributed by atoms with Gasteiger partial charge in [0.2, 0.25) is 0 Å². The molecule has 0 aliphatic rings. The Kier molecular flexibility index (Phi) is 10.0. The molecule has 2 aromatic rings. The van der Waals surface area contributed by atoms with Crippen LogP contribution in [0.3, 0.4) is 0 Å². The third-order valence-corrected chi connectivity index (χ3v) is 3.83. The quantitative estimate of drug-likeness (QED) is 0.269. The maximum Gasteiger partial charge on any atom is 0.191 e. The zero-order chi connectivity index (χ0) is 18.0. The number of halogens is 1.